The molecule has 1 fully saturated rings. The zero-order valence-corrected chi connectivity index (χ0v) is 19.0. The molecule has 2 aromatic rings. The van der Waals surface area contributed by atoms with E-state index in [9.17, 15) is 4.79 Å². The van der Waals surface area contributed by atoms with E-state index in [2.05, 4.69) is 41.9 Å². The third-order valence-corrected chi connectivity index (χ3v) is 7.09. The molecular weight excluding hydrogens is 384 g/mol. The minimum absolute atomic E-state index is 0.148. The van der Waals surface area contributed by atoms with Gasteiger partial charge in [0.2, 0.25) is 5.91 Å². The predicted molar refractivity (Wildman–Crippen MR) is 127 cm³/mol. The van der Waals surface area contributed by atoms with Crippen LogP contribution in [-0.4, -0.2) is 41.0 Å². The number of likely N-dealkylation sites (tertiary alicyclic amines) is 1. The van der Waals surface area contributed by atoms with Crippen molar-refractivity contribution in [1.82, 2.24) is 9.88 Å². The fraction of sp³-hybridized carbons (Fsp3) is 0.538. The van der Waals surface area contributed by atoms with Crippen molar-refractivity contribution in [1.29, 1.82) is 0 Å². The summed E-state index contributed by atoms with van der Waals surface area (Å²) in [6, 6.07) is 15.3. The SMILES string of the molecule is C[C@@H]1CCC[C@H](C)N1CCCCCN1C(=O)C(c2cccc(N)n2)Cc2ccccc21. The first kappa shape index (κ1) is 21.8. The summed E-state index contributed by atoms with van der Waals surface area (Å²) in [6.07, 6.45) is 8.05. The lowest BCUT2D eigenvalue weighted by Gasteiger charge is -2.39. The molecule has 0 bridgehead atoms. The van der Waals surface area contributed by atoms with E-state index in [1.165, 1.54) is 37.8 Å². The Labute approximate surface area is 186 Å². The van der Waals surface area contributed by atoms with Crippen LogP contribution in [0.2, 0.25) is 0 Å². The van der Waals surface area contributed by atoms with E-state index in [1.807, 2.05) is 23.1 Å². The standard InChI is InChI=1S/C26H36N4O/c1-19-10-8-11-20(2)29(19)16-6-3-7-17-30-24-14-5-4-12-21(24)18-22(26(30)31)23-13-9-15-25(27)28-23/h4-5,9,12-15,19-20,22H,3,6-8,10-11,16-18H2,1-2H3,(H2,27,28)/t19-,20+,22?. The first-order chi connectivity index (χ1) is 15.0. The number of fused-ring (bicyclic) bond motifs is 1. The normalized spacial score (nSPS) is 24.3. The zero-order valence-electron chi connectivity index (χ0n) is 19.0. The van der Waals surface area contributed by atoms with Gasteiger partial charge >= 0.3 is 0 Å². The van der Waals surface area contributed by atoms with Crippen LogP contribution >= 0.6 is 0 Å². The molecule has 1 saturated heterocycles. The number of hydrogen-bond acceptors (Lipinski definition) is 4. The van der Waals surface area contributed by atoms with Gasteiger partial charge < -0.3 is 10.6 Å². The largest absolute Gasteiger partial charge is 0.384 e. The number of aromatic nitrogens is 1. The number of nitrogen functional groups attached to an aromatic ring is 1. The molecule has 0 aliphatic carbocycles. The lowest BCUT2D eigenvalue weighted by atomic mass is 9.88. The summed E-state index contributed by atoms with van der Waals surface area (Å²) in [7, 11) is 0. The molecule has 5 heteroatoms. The molecule has 0 radical (unpaired) electrons. The molecule has 166 valence electrons. The molecule has 3 atom stereocenters. The van der Waals surface area contributed by atoms with Gasteiger partial charge in [0.25, 0.3) is 0 Å². The second-order valence-electron chi connectivity index (χ2n) is 9.29. The Morgan fingerprint density at radius 3 is 2.48 bits per heavy atom. The molecule has 1 aromatic carbocycles. The molecule has 2 aliphatic heterocycles. The second kappa shape index (κ2) is 9.82. The number of carbonyl (C=O) groups is 1. The van der Waals surface area contributed by atoms with Crippen LogP contribution in [-0.2, 0) is 11.2 Å². The number of nitrogens with zero attached hydrogens (tertiary/aromatic N) is 3. The lowest BCUT2D eigenvalue weighted by molar-refractivity contribution is -0.120. The van der Waals surface area contributed by atoms with Gasteiger partial charge in [0.05, 0.1) is 11.6 Å². The quantitative estimate of drug-likeness (QED) is 0.656. The average Bonchev–Trinajstić information content (AvgIpc) is 2.76. The van der Waals surface area contributed by atoms with Crippen LogP contribution in [0.1, 0.15) is 69.5 Å². The van der Waals surface area contributed by atoms with Crippen LogP contribution in [0.3, 0.4) is 0 Å². The Kier molecular flexibility index (Phi) is 6.91. The van der Waals surface area contributed by atoms with Crippen molar-refractivity contribution in [2.24, 2.45) is 0 Å². The van der Waals surface area contributed by atoms with E-state index in [4.69, 9.17) is 5.73 Å². The fourth-order valence-electron chi connectivity index (χ4n) is 5.34. The predicted octanol–water partition coefficient (Wildman–Crippen LogP) is 4.77. The highest BCUT2D eigenvalue weighted by atomic mass is 16.2. The maximum absolute atomic E-state index is 13.4. The summed E-state index contributed by atoms with van der Waals surface area (Å²) >= 11 is 0. The molecule has 2 aliphatic rings. The van der Waals surface area contributed by atoms with E-state index in [0.717, 1.165) is 30.8 Å². The topological polar surface area (TPSA) is 62.5 Å². The molecule has 2 N–H and O–H groups in total. The Balaban J connectivity index is 1.39. The van der Waals surface area contributed by atoms with Crippen molar-refractivity contribution in [3.05, 3.63) is 53.7 Å². The third-order valence-electron chi connectivity index (χ3n) is 7.09. The summed E-state index contributed by atoms with van der Waals surface area (Å²) in [5, 5.41) is 0. The number of carbonyl (C=O) groups excluding carboxylic acids is 1. The van der Waals surface area contributed by atoms with E-state index in [-0.39, 0.29) is 11.8 Å². The minimum atomic E-state index is -0.256. The van der Waals surface area contributed by atoms with Gasteiger partial charge in [-0.25, -0.2) is 4.98 Å². The molecule has 4 rings (SSSR count). The maximum atomic E-state index is 13.4. The summed E-state index contributed by atoms with van der Waals surface area (Å²) in [5.74, 6) is 0.361. The van der Waals surface area contributed by atoms with Crippen LogP contribution in [0, 0.1) is 0 Å². The fourth-order valence-corrected chi connectivity index (χ4v) is 5.34. The first-order valence-electron chi connectivity index (χ1n) is 11.9. The van der Waals surface area contributed by atoms with Gasteiger partial charge in [-0.1, -0.05) is 37.1 Å². The number of hydrogen-bond donors (Lipinski definition) is 1. The van der Waals surface area contributed by atoms with Crippen molar-refractivity contribution >= 4 is 17.4 Å². The van der Waals surface area contributed by atoms with Gasteiger partial charge in [-0.15, -0.1) is 0 Å². The molecular formula is C26H36N4O. The highest BCUT2D eigenvalue weighted by molar-refractivity contribution is 6.00. The van der Waals surface area contributed by atoms with Crippen LogP contribution < -0.4 is 10.6 Å². The monoisotopic (exact) mass is 420 g/mol. The molecule has 1 aromatic heterocycles. The van der Waals surface area contributed by atoms with Gasteiger partial charge in [-0.3, -0.25) is 9.69 Å². The molecule has 3 heterocycles. The van der Waals surface area contributed by atoms with Crippen molar-refractivity contribution in [3.63, 3.8) is 0 Å². The van der Waals surface area contributed by atoms with E-state index in [1.54, 1.807) is 6.07 Å². The molecule has 0 saturated carbocycles. The minimum Gasteiger partial charge on any atom is -0.384 e. The Bertz CT molecular complexity index is 888. The van der Waals surface area contributed by atoms with E-state index >= 15 is 0 Å². The van der Waals surface area contributed by atoms with Crippen molar-refractivity contribution in [2.45, 2.75) is 76.8 Å². The Hall–Kier alpha value is -2.40. The van der Waals surface area contributed by atoms with Gasteiger partial charge in [0, 0.05) is 24.3 Å². The van der Waals surface area contributed by atoms with Crippen molar-refractivity contribution < 1.29 is 4.79 Å². The van der Waals surface area contributed by atoms with Gasteiger partial charge in [-0.2, -0.15) is 0 Å². The van der Waals surface area contributed by atoms with Crippen molar-refractivity contribution in [3.8, 4) is 0 Å². The van der Waals surface area contributed by atoms with E-state index in [0.29, 0.717) is 24.3 Å². The number of rotatable bonds is 7. The third kappa shape index (κ3) is 4.93. The summed E-state index contributed by atoms with van der Waals surface area (Å²) in [4.78, 5) is 22.5. The Morgan fingerprint density at radius 2 is 1.71 bits per heavy atom. The van der Waals surface area contributed by atoms with Crippen LogP contribution in [0.4, 0.5) is 11.5 Å². The summed E-state index contributed by atoms with van der Waals surface area (Å²) < 4.78 is 0. The second-order valence-corrected chi connectivity index (χ2v) is 9.29. The van der Waals surface area contributed by atoms with Crippen molar-refractivity contribution in [2.75, 3.05) is 23.7 Å². The molecule has 0 spiro atoms. The number of benzene rings is 1. The van der Waals surface area contributed by atoms with Gasteiger partial charge in [-0.05, 0) is 76.3 Å². The molecule has 1 unspecified atom stereocenters. The first-order valence-corrected chi connectivity index (χ1v) is 11.9. The van der Waals surface area contributed by atoms with Crippen LogP contribution in [0.15, 0.2) is 42.5 Å². The Morgan fingerprint density at radius 1 is 0.968 bits per heavy atom. The summed E-state index contributed by atoms with van der Waals surface area (Å²) in [5.41, 5.74) is 8.95. The molecule has 31 heavy (non-hydrogen) atoms. The highest BCUT2D eigenvalue weighted by Gasteiger charge is 2.34. The highest BCUT2D eigenvalue weighted by Crippen LogP contribution is 2.35. The number of nitrogens with two attached hydrogens (primary N) is 1. The molecule has 5 nitrogen and oxygen atoms in total. The average molecular weight is 421 g/mol. The lowest BCUT2D eigenvalue weighted by Crippen LogP contribution is -2.44. The number of piperidine rings is 1. The number of anilines is 2. The number of amides is 1. The van der Waals surface area contributed by atoms with Gasteiger partial charge in [0.15, 0.2) is 0 Å². The van der Waals surface area contributed by atoms with Gasteiger partial charge in [0.1, 0.15) is 5.82 Å². The number of pyridine rings is 1. The number of unbranched alkanes of at least 4 members (excludes halogenated alkanes) is 2. The van der Waals surface area contributed by atoms with Crippen LogP contribution in [0.25, 0.3) is 0 Å². The maximum Gasteiger partial charge on any atom is 0.236 e. The molecule has 1 amide bonds. The zero-order chi connectivity index (χ0) is 21.8. The summed E-state index contributed by atoms with van der Waals surface area (Å²) in [6.45, 7) is 6.66. The number of para-hydroxylation sites is 1. The van der Waals surface area contributed by atoms with Crippen LogP contribution in [0.5, 0.6) is 0 Å². The smallest absolute Gasteiger partial charge is 0.236 e. The van der Waals surface area contributed by atoms with E-state index < -0.39 is 0 Å².